The van der Waals surface area contributed by atoms with Gasteiger partial charge in [0.1, 0.15) is 5.75 Å². The van der Waals surface area contributed by atoms with Gasteiger partial charge in [-0.3, -0.25) is 0 Å². The maximum Gasteiger partial charge on any atom is 0.573 e. The summed E-state index contributed by atoms with van der Waals surface area (Å²) in [5.74, 6) is 0.607. The largest absolute Gasteiger partial charge is 0.573 e. The molecule has 1 fully saturated rings. The highest BCUT2D eigenvalue weighted by Crippen LogP contribution is 2.34. The first kappa shape index (κ1) is 16.1. The molecule has 0 radical (unpaired) electrons. The van der Waals surface area contributed by atoms with Crippen LogP contribution in [0.2, 0.25) is 0 Å². The zero-order valence-corrected chi connectivity index (χ0v) is 12.2. The van der Waals surface area contributed by atoms with E-state index in [-0.39, 0.29) is 5.75 Å². The Morgan fingerprint density at radius 1 is 1.33 bits per heavy atom. The Kier molecular flexibility index (Phi) is 5.51. The molecule has 1 unspecified atom stereocenters. The van der Waals surface area contributed by atoms with Crippen molar-refractivity contribution < 1.29 is 17.9 Å². The van der Waals surface area contributed by atoms with Gasteiger partial charge in [-0.1, -0.05) is 19.1 Å². The van der Waals surface area contributed by atoms with Gasteiger partial charge in [0.25, 0.3) is 0 Å². The van der Waals surface area contributed by atoms with Crippen molar-refractivity contribution in [1.82, 2.24) is 5.32 Å². The average molecular weight is 301 g/mol. The average Bonchev–Trinajstić information content (AvgIpc) is 3.22. The van der Waals surface area contributed by atoms with Gasteiger partial charge in [0, 0.05) is 6.04 Å². The fraction of sp³-hybridized carbons (Fsp3) is 0.625. The smallest absolute Gasteiger partial charge is 0.406 e. The van der Waals surface area contributed by atoms with Gasteiger partial charge in [-0.05, 0) is 62.3 Å². The summed E-state index contributed by atoms with van der Waals surface area (Å²) in [6.45, 7) is 3.13. The number of aryl methyl sites for hydroxylation is 1. The van der Waals surface area contributed by atoms with Crippen molar-refractivity contribution in [3.05, 3.63) is 29.8 Å². The Hall–Kier alpha value is -1.23. The van der Waals surface area contributed by atoms with Crippen molar-refractivity contribution in [2.45, 2.75) is 51.4 Å². The molecule has 118 valence electrons. The summed E-state index contributed by atoms with van der Waals surface area (Å²) >= 11 is 0. The molecule has 0 bridgehead atoms. The van der Waals surface area contributed by atoms with E-state index in [1.165, 1.54) is 25.0 Å². The lowest BCUT2D eigenvalue weighted by atomic mass is 10.0. The lowest BCUT2D eigenvalue weighted by molar-refractivity contribution is -0.274. The van der Waals surface area contributed by atoms with Crippen molar-refractivity contribution >= 4 is 0 Å². The summed E-state index contributed by atoms with van der Waals surface area (Å²) in [4.78, 5) is 0. The molecule has 21 heavy (non-hydrogen) atoms. The zero-order valence-electron chi connectivity index (χ0n) is 12.2. The Morgan fingerprint density at radius 3 is 2.71 bits per heavy atom. The molecule has 1 aromatic carbocycles. The molecule has 1 aromatic rings. The minimum absolute atomic E-state index is 0.135. The summed E-state index contributed by atoms with van der Waals surface area (Å²) in [6, 6.07) is 6.77. The predicted molar refractivity (Wildman–Crippen MR) is 76.3 cm³/mol. The van der Waals surface area contributed by atoms with E-state index >= 15 is 0 Å². The minimum atomic E-state index is -4.63. The summed E-state index contributed by atoms with van der Waals surface area (Å²) < 4.78 is 40.6. The van der Waals surface area contributed by atoms with Crippen molar-refractivity contribution in [1.29, 1.82) is 0 Å². The Balaban J connectivity index is 1.88. The molecule has 1 aliphatic carbocycles. The first-order valence-corrected chi connectivity index (χ1v) is 7.56. The monoisotopic (exact) mass is 301 g/mol. The number of hydrogen-bond donors (Lipinski definition) is 1. The molecule has 2 rings (SSSR count). The van der Waals surface area contributed by atoms with Gasteiger partial charge in [-0.2, -0.15) is 0 Å². The van der Waals surface area contributed by atoms with Crippen LogP contribution in [-0.4, -0.2) is 18.9 Å². The Morgan fingerprint density at radius 2 is 2.10 bits per heavy atom. The normalized spacial score (nSPS) is 16.8. The number of hydrogen-bond acceptors (Lipinski definition) is 2. The highest BCUT2D eigenvalue weighted by molar-refractivity contribution is 5.28. The summed E-state index contributed by atoms with van der Waals surface area (Å²) in [6.07, 6.45) is 0.722. The van der Waals surface area contributed by atoms with Crippen LogP contribution in [0.4, 0.5) is 13.2 Å². The quantitative estimate of drug-likeness (QED) is 0.773. The lowest BCUT2D eigenvalue weighted by Gasteiger charge is -2.18. The number of alkyl halides is 3. The third-order valence-corrected chi connectivity index (χ3v) is 3.72. The fourth-order valence-corrected chi connectivity index (χ4v) is 2.55. The van der Waals surface area contributed by atoms with Gasteiger partial charge in [0.05, 0.1) is 0 Å². The molecular formula is C16H22F3NO. The summed E-state index contributed by atoms with van der Waals surface area (Å²) in [7, 11) is 0. The molecule has 0 aromatic heterocycles. The second-order valence-electron chi connectivity index (χ2n) is 5.63. The molecule has 1 atom stereocenters. The number of halogens is 3. The lowest BCUT2D eigenvalue weighted by Crippen LogP contribution is -2.32. The first-order valence-electron chi connectivity index (χ1n) is 7.56. The van der Waals surface area contributed by atoms with Crippen LogP contribution in [0, 0.1) is 5.92 Å². The molecule has 1 N–H and O–H groups in total. The minimum Gasteiger partial charge on any atom is -0.406 e. The molecule has 1 aliphatic rings. The van der Waals surface area contributed by atoms with Crippen LogP contribution in [0.5, 0.6) is 5.75 Å². The van der Waals surface area contributed by atoms with Gasteiger partial charge in [-0.25, -0.2) is 0 Å². The highest BCUT2D eigenvalue weighted by Gasteiger charge is 2.31. The van der Waals surface area contributed by atoms with E-state index in [0.717, 1.165) is 37.3 Å². The molecule has 0 heterocycles. The molecule has 0 aliphatic heterocycles. The van der Waals surface area contributed by atoms with E-state index in [1.54, 1.807) is 6.07 Å². The van der Waals surface area contributed by atoms with E-state index in [9.17, 15) is 13.2 Å². The van der Waals surface area contributed by atoms with E-state index < -0.39 is 6.36 Å². The van der Waals surface area contributed by atoms with Gasteiger partial charge in [-0.15, -0.1) is 13.2 Å². The van der Waals surface area contributed by atoms with E-state index in [1.807, 2.05) is 6.07 Å². The van der Waals surface area contributed by atoms with Gasteiger partial charge in [0.15, 0.2) is 0 Å². The maximum absolute atomic E-state index is 12.2. The topological polar surface area (TPSA) is 21.3 Å². The van der Waals surface area contributed by atoms with Crippen LogP contribution < -0.4 is 10.1 Å². The van der Waals surface area contributed by atoms with E-state index in [0.29, 0.717) is 6.04 Å². The van der Waals surface area contributed by atoms with Crippen LogP contribution in [0.25, 0.3) is 0 Å². The van der Waals surface area contributed by atoms with Gasteiger partial charge < -0.3 is 10.1 Å². The Labute approximate surface area is 123 Å². The molecule has 0 spiro atoms. The molecule has 0 saturated heterocycles. The van der Waals surface area contributed by atoms with E-state index in [2.05, 4.69) is 17.0 Å². The second-order valence-corrected chi connectivity index (χ2v) is 5.63. The first-order chi connectivity index (χ1) is 9.98. The number of rotatable bonds is 8. The summed E-state index contributed by atoms with van der Waals surface area (Å²) in [5, 5.41) is 3.54. The molecular weight excluding hydrogens is 279 g/mol. The van der Waals surface area contributed by atoms with Crippen LogP contribution in [0.3, 0.4) is 0 Å². The predicted octanol–water partition coefficient (Wildman–Crippen LogP) is 4.30. The Bertz CT molecular complexity index is 443. The third kappa shape index (κ3) is 5.96. The van der Waals surface area contributed by atoms with Crippen LogP contribution in [0.1, 0.15) is 38.2 Å². The standard InChI is InChI=1S/C16H22F3NO/c1-2-10-20-15(13-7-8-13)9-6-12-4-3-5-14(11-12)21-16(17,18)19/h3-5,11,13,15,20H,2,6-10H2,1H3. The fourth-order valence-electron chi connectivity index (χ4n) is 2.55. The van der Waals surface area contributed by atoms with Crippen molar-refractivity contribution in [3.8, 4) is 5.75 Å². The molecule has 2 nitrogen and oxygen atoms in total. The van der Waals surface area contributed by atoms with Gasteiger partial charge >= 0.3 is 6.36 Å². The number of ether oxygens (including phenoxy) is 1. The molecule has 5 heteroatoms. The third-order valence-electron chi connectivity index (χ3n) is 3.72. The highest BCUT2D eigenvalue weighted by atomic mass is 19.4. The number of benzene rings is 1. The molecule has 0 amide bonds. The zero-order chi connectivity index (χ0) is 15.3. The van der Waals surface area contributed by atoms with Crippen LogP contribution >= 0.6 is 0 Å². The van der Waals surface area contributed by atoms with Crippen LogP contribution in [0.15, 0.2) is 24.3 Å². The summed E-state index contributed by atoms with van der Waals surface area (Å²) in [5.41, 5.74) is 0.890. The van der Waals surface area contributed by atoms with Gasteiger partial charge in [0.2, 0.25) is 0 Å². The maximum atomic E-state index is 12.2. The van der Waals surface area contributed by atoms with Crippen LogP contribution in [-0.2, 0) is 6.42 Å². The molecule has 1 saturated carbocycles. The number of nitrogens with one attached hydrogen (secondary N) is 1. The second kappa shape index (κ2) is 7.16. The van der Waals surface area contributed by atoms with Crippen molar-refractivity contribution in [2.24, 2.45) is 5.92 Å². The van der Waals surface area contributed by atoms with Crippen molar-refractivity contribution in [2.75, 3.05) is 6.54 Å². The van der Waals surface area contributed by atoms with E-state index in [4.69, 9.17) is 0 Å². The van der Waals surface area contributed by atoms with Crippen molar-refractivity contribution in [3.63, 3.8) is 0 Å². The SMILES string of the molecule is CCCNC(CCc1cccc(OC(F)(F)F)c1)C1CC1.